The van der Waals surface area contributed by atoms with Crippen LogP contribution >= 0.6 is 0 Å². The topological polar surface area (TPSA) is 111 Å². The third-order valence-electron chi connectivity index (χ3n) is 8.02. The number of hydrogen-bond acceptors (Lipinski definition) is 6. The molecule has 2 unspecified atom stereocenters. The fourth-order valence-electron chi connectivity index (χ4n) is 5.85. The van der Waals surface area contributed by atoms with Gasteiger partial charge in [-0.3, -0.25) is 18.9 Å². The van der Waals surface area contributed by atoms with Gasteiger partial charge < -0.3 is 0 Å². The maximum atomic E-state index is 14.0. The van der Waals surface area contributed by atoms with E-state index < -0.39 is 6.04 Å². The lowest BCUT2D eigenvalue weighted by atomic mass is 9.84. The molecular formula is C30H37N7O2. The van der Waals surface area contributed by atoms with Gasteiger partial charge in [0.2, 0.25) is 0 Å². The SMILES string of the molecule is CCCCc1cn(C2C(=O)CCCCC2C(C)C)c(=O)n1Cc1cnccc1-c1ccc(-c2nnn[nH]2)cc1. The van der Waals surface area contributed by atoms with Gasteiger partial charge in [-0.25, -0.2) is 9.89 Å². The summed E-state index contributed by atoms with van der Waals surface area (Å²) >= 11 is 0. The lowest BCUT2D eigenvalue weighted by Gasteiger charge is -2.27. The molecule has 3 heterocycles. The molecule has 3 aromatic heterocycles. The van der Waals surface area contributed by atoms with Crippen molar-refractivity contribution in [2.45, 2.75) is 78.3 Å². The summed E-state index contributed by atoms with van der Waals surface area (Å²) in [5, 5.41) is 14.1. The van der Waals surface area contributed by atoms with E-state index in [2.05, 4.69) is 46.4 Å². The van der Waals surface area contributed by atoms with E-state index in [-0.39, 0.29) is 17.4 Å². The Labute approximate surface area is 228 Å². The number of carbonyl (C=O) groups excluding carboxylic acids is 1. The highest BCUT2D eigenvalue weighted by atomic mass is 16.2. The average Bonchev–Trinajstić information content (AvgIpc) is 3.53. The predicted molar refractivity (Wildman–Crippen MR) is 150 cm³/mol. The summed E-state index contributed by atoms with van der Waals surface area (Å²) in [6.45, 7) is 6.89. The second kappa shape index (κ2) is 11.9. The Morgan fingerprint density at radius 2 is 1.87 bits per heavy atom. The first-order valence-corrected chi connectivity index (χ1v) is 14.1. The van der Waals surface area contributed by atoms with Crippen LogP contribution in [0.2, 0.25) is 0 Å². The van der Waals surface area contributed by atoms with Crippen molar-refractivity contribution in [3.63, 3.8) is 0 Å². The zero-order valence-electron chi connectivity index (χ0n) is 23.0. The largest absolute Gasteiger partial charge is 0.329 e. The van der Waals surface area contributed by atoms with Gasteiger partial charge in [-0.05, 0) is 70.7 Å². The summed E-state index contributed by atoms with van der Waals surface area (Å²) in [6.07, 6.45) is 11.8. The van der Waals surface area contributed by atoms with Gasteiger partial charge in [0.05, 0.1) is 12.6 Å². The highest BCUT2D eigenvalue weighted by molar-refractivity contribution is 5.83. The van der Waals surface area contributed by atoms with E-state index in [9.17, 15) is 9.59 Å². The molecule has 1 aliphatic rings. The Morgan fingerprint density at radius 3 is 2.59 bits per heavy atom. The molecule has 204 valence electrons. The Hall–Kier alpha value is -3.88. The summed E-state index contributed by atoms with van der Waals surface area (Å²) in [5.74, 6) is 1.29. The van der Waals surface area contributed by atoms with Crippen LogP contribution in [0.1, 0.15) is 76.6 Å². The Balaban J connectivity index is 1.53. The van der Waals surface area contributed by atoms with Crippen LogP contribution in [-0.4, -0.2) is 40.5 Å². The van der Waals surface area contributed by atoms with Gasteiger partial charge in [0.15, 0.2) is 11.6 Å². The quantitative estimate of drug-likeness (QED) is 0.298. The molecule has 0 spiro atoms. The number of pyridine rings is 1. The monoisotopic (exact) mass is 527 g/mol. The van der Waals surface area contributed by atoms with E-state index in [0.717, 1.165) is 66.5 Å². The molecule has 1 saturated carbocycles. The third kappa shape index (κ3) is 5.62. The molecule has 1 N–H and O–H groups in total. The minimum Gasteiger partial charge on any atom is -0.297 e. The number of tetrazole rings is 1. The Morgan fingerprint density at radius 1 is 1.08 bits per heavy atom. The molecule has 5 rings (SSSR count). The number of Topliss-reactive ketones (excluding diaryl/α,β-unsaturated/α-hetero) is 1. The number of aryl methyl sites for hydroxylation is 1. The van der Waals surface area contributed by atoms with Gasteiger partial charge >= 0.3 is 5.69 Å². The van der Waals surface area contributed by atoms with Gasteiger partial charge in [0, 0.05) is 36.3 Å². The van der Waals surface area contributed by atoms with Gasteiger partial charge in [-0.1, -0.05) is 57.9 Å². The van der Waals surface area contributed by atoms with E-state index in [1.54, 1.807) is 10.8 Å². The predicted octanol–water partition coefficient (Wildman–Crippen LogP) is 5.24. The fourth-order valence-corrected chi connectivity index (χ4v) is 5.85. The number of aromatic amines is 1. The van der Waals surface area contributed by atoms with Crippen molar-refractivity contribution < 1.29 is 4.79 Å². The van der Waals surface area contributed by atoms with Crippen LogP contribution in [0, 0.1) is 11.8 Å². The zero-order valence-corrected chi connectivity index (χ0v) is 23.0. The molecule has 1 aromatic carbocycles. The molecule has 4 aromatic rings. The number of imidazole rings is 1. The molecule has 0 amide bonds. The average molecular weight is 528 g/mol. The van der Waals surface area contributed by atoms with Crippen molar-refractivity contribution >= 4 is 5.78 Å². The lowest BCUT2D eigenvalue weighted by Crippen LogP contribution is -2.36. The normalized spacial score (nSPS) is 18.0. The summed E-state index contributed by atoms with van der Waals surface area (Å²) in [7, 11) is 0. The maximum Gasteiger partial charge on any atom is 0.329 e. The van der Waals surface area contributed by atoms with Gasteiger partial charge in [0.1, 0.15) is 0 Å². The maximum absolute atomic E-state index is 14.0. The number of ketones is 1. The highest BCUT2D eigenvalue weighted by Gasteiger charge is 2.35. The zero-order chi connectivity index (χ0) is 27.4. The molecule has 0 bridgehead atoms. The first-order valence-electron chi connectivity index (χ1n) is 14.1. The fraction of sp³-hybridized carbons (Fsp3) is 0.467. The van der Waals surface area contributed by atoms with Crippen molar-refractivity contribution in [3.05, 3.63) is 70.7 Å². The van der Waals surface area contributed by atoms with Crippen LogP contribution in [0.3, 0.4) is 0 Å². The number of carbonyl (C=O) groups is 1. The number of nitrogens with zero attached hydrogens (tertiary/aromatic N) is 6. The van der Waals surface area contributed by atoms with Gasteiger partial charge in [0.25, 0.3) is 0 Å². The molecule has 1 aliphatic carbocycles. The van der Waals surface area contributed by atoms with Crippen molar-refractivity contribution in [1.82, 2.24) is 34.7 Å². The van der Waals surface area contributed by atoms with Crippen LogP contribution in [-0.2, 0) is 17.8 Å². The second-order valence-electron chi connectivity index (χ2n) is 10.9. The number of unbranched alkanes of at least 4 members (excludes halogenated alkanes) is 1. The number of hydrogen-bond donors (Lipinski definition) is 1. The lowest BCUT2D eigenvalue weighted by molar-refractivity contribution is -0.123. The van der Waals surface area contributed by atoms with Crippen LogP contribution in [0.5, 0.6) is 0 Å². The van der Waals surface area contributed by atoms with E-state index >= 15 is 0 Å². The first kappa shape index (κ1) is 26.7. The van der Waals surface area contributed by atoms with Crippen molar-refractivity contribution in [1.29, 1.82) is 0 Å². The molecule has 2 atom stereocenters. The van der Waals surface area contributed by atoms with Crippen LogP contribution in [0.15, 0.2) is 53.7 Å². The number of benzene rings is 1. The number of nitrogens with one attached hydrogen (secondary N) is 1. The highest BCUT2D eigenvalue weighted by Crippen LogP contribution is 2.35. The molecule has 0 saturated heterocycles. The van der Waals surface area contributed by atoms with Crippen LogP contribution in [0.4, 0.5) is 0 Å². The summed E-state index contributed by atoms with van der Waals surface area (Å²) in [6, 6.07) is 9.59. The molecule has 0 radical (unpaired) electrons. The standard InChI is InChI=1S/C30H37N7O2/c1-4-5-8-24-19-37(28-25(20(2)3)9-6-7-10-27(28)38)30(39)36(24)18-23-17-31-16-15-26(23)21-11-13-22(14-12-21)29-32-34-35-33-29/h11-17,19-20,25,28H,4-10,18H2,1-3H3,(H,32,33,34,35). The van der Waals surface area contributed by atoms with Crippen molar-refractivity contribution in [2.75, 3.05) is 0 Å². The van der Waals surface area contributed by atoms with E-state index in [4.69, 9.17) is 0 Å². The van der Waals surface area contributed by atoms with Crippen molar-refractivity contribution in [3.8, 4) is 22.5 Å². The van der Waals surface area contributed by atoms with Gasteiger partial charge in [-0.15, -0.1) is 5.10 Å². The van der Waals surface area contributed by atoms with Crippen LogP contribution < -0.4 is 5.69 Å². The minimum atomic E-state index is -0.395. The molecule has 39 heavy (non-hydrogen) atoms. The van der Waals surface area contributed by atoms with E-state index in [0.29, 0.717) is 24.7 Å². The Kier molecular flexibility index (Phi) is 8.14. The Bertz CT molecular complexity index is 1450. The van der Waals surface area contributed by atoms with E-state index in [1.807, 2.05) is 47.3 Å². The number of rotatable bonds is 9. The molecule has 9 heteroatoms. The van der Waals surface area contributed by atoms with Gasteiger partial charge in [-0.2, -0.15) is 0 Å². The van der Waals surface area contributed by atoms with Crippen LogP contribution in [0.25, 0.3) is 22.5 Å². The summed E-state index contributed by atoms with van der Waals surface area (Å²) in [4.78, 5) is 31.8. The number of aromatic nitrogens is 7. The molecular weight excluding hydrogens is 490 g/mol. The van der Waals surface area contributed by atoms with E-state index in [1.165, 1.54) is 0 Å². The summed E-state index contributed by atoms with van der Waals surface area (Å²) < 4.78 is 3.62. The first-order chi connectivity index (χ1) is 19.0. The molecule has 1 fully saturated rings. The molecule has 9 nitrogen and oxygen atoms in total. The van der Waals surface area contributed by atoms with Crippen molar-refractivity contribution in [2.24, 2.45) is 11.8 Å². The number of H-pyrrole nitrogens is 1. The molecule has 0 aliphatic heterocycles. The summed E-state index contributed by atoms with van der Waals surface area (Å²) in [5.41, 5.74) is 4.75. The minimum absolute atomic E-state index is 0.102. The second-order valence-corrected chi connectivity index (χ2v) is 10.9. The smallest absolute Gasteiger partial charge is 0.297 e. The third-order valence-corrected chi connectivity index (χ3v) is 8.02.